The van der Waals surface area contributed by atoms with E-state index in [1.165, 1.54) is 6.92 Å². The molecule has 0 radical (unpaired) electrons. The second kappa shape index (κ2) is 13.0. The Morgan fingerprint density at radius 1 is 0.946 bits per heavy atom. The standard InChI is InChI=1S/C23H30N6O8/c1-11(23(36)37)27-22(35)17(8-12-10-26-15-5-3-2-4-13(12)15)29-21(34)16(6-7-19(31)32)28-20(33)14(24)9-18(25)30/h2-5,10-11,14,16-17,26H,6-9,24H2,1H3,(H2,25,30)(H,27,35)(H,28,33)(H,29,34)(H,31,32)(H,36,37). The van der Waals surface area contributed by atoms with Crippen LogP contribution in [0.4, 0.5) is 0 Å². The van der Waals surface area contributed by atoms with E-state index >= 15 is 0 Å². The lowest BCUT2D eigenvalue weighted by Crippen LogP contribution is -2.57. The number of hydrogen-bond donors (Lipinski definition) is 8. The summed E-state index contributed by atoms with van der Waals surface area (Å²) >= 11 is 0. The lowest BCUT2D eigenvalue weighted by molar-refractivity contribution is -0.141. The molecule has 4 atom stereocenters. The van der Waals surface area contributed by atoms with Crippen molar-refractivity contribution in [1.29, 1.82) is 0 Å². The summed E-state index contributed by atoms with van der Waals surface area (Å²) in [4.78, 5) is 74.8. The van der Waals surface area contributed by atoms with Crippen LogP contribution in [0.3, 0.4) is 0 Å². The molecule has 0 bridgehead atoms. The Balaban J connectivity index is 2.28. The molecule has 0 aliphatic carbocycles. The number of primary amides is 1. The number of amides is 4. The summed E-state index contributed by atoms with van der Waals surface area (Å²) in [5.41, 5.74) is 12.1. The molecule has 14 nitrogen and oxygen atoms in total. The van der Waals surface area contributed by atoms with Crippen molar-refractivity contribution in [3.8, 4) is 0 Å². The van der Waals surface area contributed by atoms with E-state index in [0.717, 1.165) is 10.9 Å². The predicted octanol–water partition coefficient (Wildman–Crippen LogP) is -1.66. The van der Waals surface area contributed by atoms with E-state index in [0.29, 0.717) is 5.56 Å². The zero-order valence-corrected chi connectivity index (χ0v) is 20.0. The highest BCUT2D eigenvalue weighted by atomic mass is 16.4. The van der Waals surface area contributed by atoms with Crippen LogP contribution in [0, 0.1) is 0 Å². The molecular weight excluding hydrogens is 488 g/mol. The Bertz CT molecular complexity index is 1180. The van der Waals surface area contributed by atoms with Gasteiger partial charge in [0.25, 0.3) is 0 Å². The molecule has 4 unspecified atom stereocenters. The zero-order chi connectivity index (χ0) is 27.7. The van der Waals surface area contributed by atoms with Gasteiger partial charge >= 0.3 is 11.9 Å². The summed E-state index contributed by atoms with van der Waals surface area (Å²) in [6, 6.07) is 1.87. The smallest absolute Gasteiger partial charge is 0.325 e. The van der Waals surface area contributed by atoms with Gasteiger partial charge in [-0.1, -0.05) is 18.2 Å². The summed E-state index contributed by atoms with van der Waals surface area (Å²) in [5.74, 6) is -6.00. The van der Waals surface area contributed by atoms with Crippen molar-refractivity contribution in [1.82, 2.24) is 20.9 Å². The SMILES string of the molecule is CC(NC(=O)C(Cc1c[nH]c2ccccc12)NC(=O)C(CCC(=O)O)NC(=O)C(N)CC(N)=O)C(=O)O. The zero-order valence-electron chi connectivity index (χ0n) is 20.0. The van der Waals surface area contributed by atoms with Crippen molar-refractivity contribution in [2.75, 3.05) is 0 Å². The number of carboxylic acid groups (broad SMARTS) is 2. The molecule has 2 aromatic rings. The van der Waals surface area contributed by atoms with E-state index in [2.05, 4.69) is 20.9 Å². The fourth-order valence-electron chi connectivity index (χ4n) is 3.50. The molecule has 200 valence electrons. The molecule has 0 aliphatic rings. The Hall–Kier alpha value is -4.46. The fourth-order valence-corrected chi connectivity index (χ4v) is 3.50. The number of fused-ring (bicyclic) bond motifs is 1. The Morgan fingerprint density at radius 2 is 1.57 bits per heavy atom. The summed E-state index contributed by atoms with van der Waals surface area (Å²) in [6.07, 6.45) is 0.249. The molecule has 0 saturated carbocycles. The third-order valence-corrected chi connectivity index (χ3v) is 5.50. The molecule has 37 heavy (non-hydrogen) atoms. The van der Waals surface area contributed by atoms with Gasteiger partial charge in [-0.25, -0.2) is 0 Å². The molecule has 2 rings (SSSR count). The minimum absolute atomic E-state index is 0.0469. The van der Waals surface area contributed by atoms with Crippen LogP contribution >= 0.6 is 0 Å². The van der Waals surface area contributed by atoms with Crippen molar-refractivity contribution in [3.05, 3.63) is 36.0 Å². The maximum absolute atomic E-state index is 13.1. The van der Waals surface area contributed by atoms with Crippen molar-refractivity contribution in [3.63, 3.8) is 0 Å². The fraction of sp³-hybridized carbons (Fsp3) is 0.391. The van der Waals surface area contributed by atoms with E-state index < -0.39 is 72.6 Å². The first-order chi connectivity index (χ1) is 17.4. The van der Waals surface area contributed by atoms with Gasteiger partial charge in [0.05, 0.1) is 12.5 Å². The van der Waals surface area contributed by atoms with Crippen LogP contribution in [0.25, 0.3) is 10.9 Å². The van der Waals surface area contributed by atoms with Gasteiger partial charge in [0.1, 0.15) is 18.1 Å². The molecule has 10 N–H and O–H groups in total. The second-order valence-corrected chi connectivity index (χ2v) is 8.46. The number of benzene rings is 1. The van der Waals surface area contributed by atoms with Gasteiger partial charge in [0, 0.05) is 29.9 Å². The number of para-hydroxylation sites is 1. The van der Waals surface area contributed by atoms with Gasteiger partial charge in [-0.2, -0.15) is 0 Å². The number of hydrogen-bond acceptors (Lipinski definition) is 7. The van der Waals surface area contributed by atoms with E-state index in [-0.39, 0.29) is 12.8 Å². The number of aliphatic carboxylic acids is 2. The van der Waals surface area contributed by atoms with Crippen LogP contribution in [-0.4, -0.2) is 74.9 Å². The molecule has 0 fully saturated rings. The maximum atomic E-state index is 13.1. The van der Waals surface area contributed by atoms with Crippen molar-refractivity contribution in [2.45, 2.75) is 56.8 Å². The third kappa shape index (κ3) is 8.61. The Kier molecular flexibility index (Phi) is 10.1. The number of H-pyrrole nitrogens is 1. The Morgan fingerprint density at radius 3 is 2.19 bits per heavy atom. The number of nitrogens with one attached hydrogen (secondary N) is 4. The summed E-state index contributed by atoms with van der Waals surface area (Å²) in [6.45, 7) is 1.25. The van der Waals surface area contributed by atoms with Gasteiger partial charge < -0.3 is 42.6 Å². The Labute approximate surface area is 211 Å². The van der Waals surface area contributed by atoms with Crippen molar-refractivity contribution >= 4 is 46.5 Å². The van der Waals surface area contributed by atoms with E-state index in [1.54, 1.807) is 18.3 Å². The second-order valence-electron chi connectivity index (χ2n) is 8.46. The minimum atomic E-state index is -1.42. The lowest BCUT2D eigenvalue weighted by atomic mass is 10.0. The number of carboxylic acids is 2. The monoisotopic (exact) mass is 518 g/mol. The first-order valence-electron chi connectivity index (χ1n) is 11.3. The average Bonchev–Trinajstić information content (AvgIpc) is 3.23. The largest absolute Gasteiger partial charge is 0.481 e. The van der Waals surface area contributed by atoms with Crippen molar-refractivity contribution < 1.29 is 39.0 Å². The van der Waals surface area contributed by atoms with Crippen LogP contribution in [0.1, 0.15) is 31.7 Å². The molecule has 4 amide bonds. The first-order valence-corrected chi connectivity index (χ1v) is 11.3. The highest BCUT2D eigenvalue weighted by Gasteiger charge is 2.30. The molecule has 0 aliphatic heterocycles. The number of aromatic amines is 1. The van der Waals surface area contributed by atoms with E-state index in [1.807, 2.05) is 12.1 Å². The topological polar surface area (TPSA) is 247 Å². The molecule has 14 heteroatoms. The number of carbonyl (C=O) groups is 6. The molecule has 0 spiro atoms. The molecule has 0 saturated heterocycles. The van der Waals surface area contributed by atoms with Crippen molar-refractivity contribution in [2.24, 2.45) is 11.5 Å². The predicted molar refractivity (Wildman–Crippen MR) is 130 cm³/mol. The average molecular weight is 519 g/mol. The number of nitrogens with two attached hydrogens (primary N) is 2. The van der Waals surface area contributed by atoms with E-state index in [4.69, 9.17) is 21.7 Å². The quantitative estimate of drug-likeness (QED) is 0.142. The molecule has 1 heterocycles. The summed E-state index contributed by atoms with van der Waals surface area (Å²) in [7, 11) is 0. The highest BCUT2D eigenvalue weighted by Crippen LogP contribution is 2.19. The van der Waals surface area contributed by atoms with Gasteiger partial charge in [-0.15, -0.1) is 0 Å². The third-order valence-electron chi connectivity index (χ3n) is 5.50. The highest BCUT2D eigenvalue weighted by molar-refractivity contribution is 5.95. The van der Waals surface area contributed by atoms with Crippen LogP contribution < -0.4 is 27.4 Å². The summed E-state index contributed by atoms with van der Waals surface area (Å²) in [5, 5.41) is 26.0. The minimum Gasteiger partial charge on any atom is -0.481 e. The van der Waals surface area contributed by atoms with Crippen LogP contribution in [0.2, 0.25) is 0 Å². The molecule has 1 aromatic heterocycles. The number of rotatable bonds is 14. The van der Waals surface area contributed by atoms with Crippen LogP contribution in [0.5, 0.6) is 0 Å². The number of carbonyl (C=O) groups excluding carboxylic acids is 4. The molecular formula is C23H30N6O8. The molecule has 1 aromatic carbocycles. The summed E-state index contributed by atoms with van der Waals surface area (Å²) < 4.78 is 0. The van der Waals surface area contributed by atoms with Gasteiger partial charge in [-0.05, 0) is 25.0 Å². The number of aromatic nitrogens is 1. The lowest BCUT2D eigenvalue weighted by Gasteiger charge is -2.24. The van der Waals surface area contributed by atoms with E-state index in [9.17, 15) is 28.8 Å². The first kappa shape index (κ1) is 28.8. The normalized spacial score (nSPS) is 14.1. The maximum Gasteiger partial charge on any atom is 0.325 e. The van der Waals surface area contributed by atoms with Crippen LogP contribution in [-0.2, 0) is 35.2 Å². The van der Waals surface area contributed by atoms with Gasteiger partial charge in [0.15, 0.2) is 0 Å². The van der Waals surface area contributed by atoms with Crippen LogP contribution in [0.15, 0.2) is 30.5 Å². The van der Waals surface area contributed by atoms with Gasteiger partial charge in [0.2, 0.25) is 23.6 Å². The van der Waals surface area contributed by atoms with Gasteiger partial charge in [-0.3, -0.25) is 28.8 Å².